The predicted molar refractivity (Wildman–Crippen MR) is 96.9 cm³/mol. The highest BCUT2D eigenvalue weighted by Gasteiger charge is 2.31. The molecule has 0 saturated carbocycles. The summed E-state index contributed by atoms with van der Waals surface area (Å²) in [5, 5.41) is 0. The van der Waals surface area contributed by atoms with Gasteiger partial charge in [-0.3, -0.25) is 0 Å². The normalized spacial score (nSPS) is 20.0. The van der Waals surface area contributed by atoms with Crippen molar-refractivity contribution in [2.24, 2.45) is 0 Å². The predicted octanol–water partition coefficient (Wildman–Crippen LogP) is 2.82. The molecule has 0 heterocycles. The maximum absolute atomic E-state index is 13.0. The highest BCUT2D eigenvalue weighted by Crippen LogP contribution is 2.39. The second-order valence-corrected chi connectivity index (χ2v) is 7.18. The molecular formula is C18H23NO5S. The van der Waals surface area contributed by atoms with Crippen molar-refractivity contribution in [1.29, 1.82) is 0 Å². The van der Waals surface area contributed by atoms with Gasteiger partial charge in [-0.15, -0.1) is 0 Å². The van der Waals surface area contributed by atoms with E-state index in [1.807, 2.05) is 43.4 Å². The van der Waals surface area contributed by atoms with Crippen LogP contribution in [0.25, 0.3) is 0 Å². The van der Waals surface area contributed by atoms with Gasteiger partial charge in [0.05, 0.1) is 31.8 Å². The molecule has 1 aromatic rings. The summed E-state index contributed by atoms with van der Waals surface area (Å²) in [4.78, 5) is 0.0360. The van der Waals surface area contributed by atoms with E-state index in [0.29, 0.717) is 12.2 Å². The monoisotopic (exact) mass is 365 g/mol. The number of sulfonamides is 1. The SMILES string of the molecule is CC=CC1(NS(=O)(=O)c2cc(OC)c(OC)c(OC)c2)C=CC=CC1. The van der Waals surface area contributed by atoms with E-state index in [0.717, 1.165) is 0 Å². The van der Waals surface area contributed by atoms with Gasteiger partial charge in [-0.05, 0) is 13.3 Å². The third-order valence-corrected chi connectivity index (χ3v) is 5.34. The molecule has 1 aromatic carbocycles. The van der Waals surface area contributed by atoms with Gasteiger partial charge in [-0.25, -0.2) is 8.42 Å². The van der Waals surface area contributed by atoms with Crippen LogP contribution in [0, 0.1) is 0 Å². The zero-order valence-electron chi connectivity index (χ0n) is 14.8. The minimum atomic E-state index is -3.83. The van der Waals surface area contributed by atoms with E-state index in [1.165, 1.54) is 33.5 Å². The van der Waals surface area contributed by atoms with E-state index in [1.54, 1.807) is 0 Å². The summed E-state index contributed by atoms with van der Waals surface area (Å²) in [6.07, 6.45) is 11.6. The molecule has 1 atom stereocenters. The van der Waals surface area contributed by atoms with Crippen LogP contribution in [-0.4, -0.2) is 35.3 Å². The van der Waals surface area contributed by atoms with Crippen LogP contribution >= 0.6 is 0 Å². The number of rotatable bonds is 7. The topological polar surface area (TPSA) is 73.9 Å². The number of benzene rings is 1. The lowest BCUT2D eigenvalue weighted by atomic mass is 9.92. The third-order valence-electron chi connectivity index (χ3n) is 3.83. The third kappa shape index (κ3) is 4.05. The summed E-state index contributed by atoms with van der Waals surface area (Å²) < 4.78 is 44.4. The Morgan fingerprint density at radius 1 is 1.08 bits per heavy atom. The first-order chi connectivity index (χ1) is 11.9. The van der Waals surface area contributed by atoms with Crippen molar-refractivity contribution < 1.29 is 22.6 Å². The first kappa shape index (κ1) is 19.1. The fourth-order valence-electron chi connectivity index (χ4n) is 2.69. The largest absolute Gasteiger partial charge is 0.493 e. The summed E-state index contributed by atoms with van der Waals surface area (Å²) in [5.74, 6) is 0.899. The Morgan fingerprint density at radius 2 is 1.72 bits per heavy atom. The Hall–Kier alpha value is -2.25. The van der Waals surface area contributed by atoms with E-state index < -0.39 is 15.6 Å². The minimum absolute atomic E-state index is 0.0360. The molecule has 0 spiro atoms. The lowest BCUT2D eigenvalue weighted by Crippen LogP contribution is -2.45. The number of ether oxygens (including phenoxy) is 3. The highest BCUT2D eigenvalue weighted by atomic mass is 32.2. The average molecular weight is 365 g/mol. The number of nitrogens with one attached hydrogen (secondary N) is 1. The molecule has 1 aliphatic rings. The van der Waals surface area contributed by atoms with Gasteiger partial charge in [0.1, 0.15) is 0 Å². The molecule has 0 amide bonds. The number of allylic oxidation sites excluding steroid dienone is 3. The Kier molecular flexibility index (Phi) is 5.92. The molecule has 6 nitrogen and oxygen atoms in total. The molecule has 2 rings (SSSR count). The van der Waals surface area contributed by atoms with Crippen molar-refractivity contribution in [2.75, 3.05) is 21.3 Å². The van der Waals surface area contributed by atoms with Gasteiger partial charge in [0.15, 0.2) is 11.5 Å². The zero-order chi connectivity index (χ0) is 18.5. The van der Waals surface area contributed by atoms with Gasteiger partial charge < -0.3 is 14.2 Å². The minimum Gasteiger partial charge on any atom is -0.493 e. The lowest BCUT2D eigenvalue weighted by molar-refractivity contribution is 0.322. The number of hydrogen-bond donors (Lipinski definition) is 1. The molecule has 0 bridgehead atoms. The highest BCUT2D eigenvalue weighted by molar-refractivity contribution is 7.89. The van der Waals surface area contributed by atoms with E-state index in [2.05, 4.69) is 4.72 Å². The van der Waals surface area contributed by atoms with E-state index in [-0.39, 0.29) is 16.4 Å². The summed E-state index contributed by atoms with van der Waals surface area (Å²) in [6, 6.07) is 2.82. The first-order valence-corrected chi connectivity index (χ1v) is 9.22. The summed E-state index contributed by atoms with van der Waals surface area (Å²) >= 11 is 0. The van der Waals surface area contributed by atoms with Crippen molar-refractivity contribution in [2.45, 2.75) is 23.8 Å². The maximum atomic E-state index is 13.0. The summed E-state index contributed by atoms with van der Waals surface area (Å²) in [6.45, 7) is 1.85. The fraction of sp³-hybridized carbons (Fsp3) is 0.333. The number of methoxy groups -OCH3 is 3. The molecule has 1 unspecified atom stereocenters. The van der Waals surface area contributed by atoms with Gasteiger partial charge in [0.2, 0.25) is 15.8 Å². The maximum Gasteiger partial charge on any atom is 0.241 e. The van der Waals surface area contributed by atoms with E-state index >= 15 is 0 Å². The van der Waals surface area contributed by atoms with Crippen LogP contribution in [0.5, 0.6) is 17.2 Å². The Morgan fingerprint density at radius 3 is 2.16 bits per heavy atom. The lowest BCUT2D eigenvalue weighted by Gasteiger charge is -2.29. The van der Waals surface area contributed by atoms with Crippen LogP contribution in [0.3, 0.4) is 0 Å². The fourth-order valence-corrected chi connectivity index (χ4v) is 4.05. The second kappa shape index (κ2) is 7.76. The summed E-state index contributed by atoms with van der Waals surface area (Å²) in [5.41, 5.74) is -0.803. The molecule has 0 radical (unpaired) electrons. The molecule has 1 N–H and O–H groups in total. The smallest absolute Gasteiger partial charge is 0.241 e. The van der Waals surface area contributed by atoms with E-state index in [4.69, 9.17) is 14.2 Å². The average Bonchev–Trinajstić information content (AvgIpc) is 2.60. The van der Waals surface area contributed by atoms with Crippen LogP contribution < -0.4 is 18.9 Å². The van der Waals surface area contributed by atoms with E-state index in [9.17, 15) is 8.42 Å². The second-order valence-electron chi connectivity index (χ2n) is 5.50. The van der Waals surface area contributed by atoms with Crippen LogP contribution in [0.1, 0.15) is 13.3 Å². The summed E-state index contributed by atoms with van der Waals surface area (Å²) in [7, 11) is 0.516. The Balaban J connectivity index is 2.49. The number of hydrogen-bond acceptors (Lipinski definition) is 5. The van der Waals surface area contributed by atoms with Gasteiger partial charge in [0, 0.05) is 12.1 Å². The molecule has 7 heteroatoms. The standard InChI is InChI=1S/C18H23NO5S/c1-5-9-18(10-7-6-8-11-18)19-25(20,21)14-12-15(22-2)17(24-4)16(13-14)23-3/h5-10,12-13,19H,11H2,1-4H3. The molecule has 0 fully saturated rings. The van der Waals surface area contributed by atoms with Gasteiger partial charge in [-0.2, -0.15) is 4.72 Å². The van der Waals surface area contributed by atoms with Crippen LogP contribution in [-0.2, 0) is 10.0 Å². The van der Waals surface area contributed by atoms with Crippen LogP contribution in [0.15, 0.2) is 53.5 Å². The molecule has 25 heavy (non-hydrogen) atoms. The first-order valence-electron chi connectivity index (χ1n) is 7.73. The molecule has 0 aliphatic heterocycles. The van der Waals surface area contributed by atoms with Gasteiger partial charge in [0.25, 0.3) is 0 Å². The molecule has 1 aliphatic carbocycles. The van der Waals surface area contributed by atoms with Crippen molar-refractivity contribution in [1.82, 2.24) is 4.72 Å². The van der Waals surface area contributed by atoms with Gasteiger partial charge >= 0.3 is 0 Å². The molecule has 136 valence electrons. The molecular weight excluding hydrogens is 342 g/mol. The molecule has 0 aromatic heterocycles. The van der Waals surface area contributed by atoms with Crippen molar-refractivity contribution >= 4 is 10.0 Å². The van der Waals surface area contributed by atoms with Crippen molar-refractivity contribution in [3.8, 4) is 17.2 Å². The quantitative estimate of drug-likeness (QED) is 0.752. The molecule has 0 saturated heterocycles. The zero-order valence-corrected chi connectivity index (χ0v) is 15.6. The van der Waals surface area contributed by atoms with Crippen LogP contribution in [0.2, 0.25) is 0 Å². The van der Waals surface area contributed by atoms with Crippen molar-refractivity contribution in [3.05, 3.63) is 48.6 Å². The Labute approximate surface area is 148 Å². The van der Waals surface area contributed by atoms with Crippen molar-refractivity contribution in [3.63, 3.8) is 0 Å². The van der Waals surface area contributed by atoms with Gasteiger partial charge in [-0.1, -0.05) is 36.5 Å². The Bertz CT molecular complexity index is 786. The van der Waals surface area contributed by atoms with Crippen LogP contribution in [0.4, 0.5) is 0 Å².